The van der Waals surface area contributed by atoms with E-state index in [0.717, 1.165) is 22.8 Å². The molecular formula is C18H21N3O5. The zero-order valence-corrected chi connectivity index (χ0v) is 15.2. The summed E-state index contributed by atoms with van der Waals surface area (Å²) in [5.74, 6) is -1.14. The molecule has 2 rings (SSSR count). The quantitative estimate of drug-likeness (QED) is 0.448. The molecule has 0 aliphatic rings. The van der Waals surface area contributed by atoms with Crippen molar-refractivity contribution in [2.75, 3.05) is 13.7 Å². The molecule has 1 aromatic carbocycles. The highest BCUT2D eigenvalue weighted by atomic mass is 16.6. The summed E-state index contributed by atoms with van der Waals surface area (Å²) in [6.45, 7) is 3.94. The molecule has 2 aromatic rings. The van der Waals surface area contributed by atoms with E-state index in [1.807, 2.05) is 32.0 Å². The number of benzene rings is 1. The third-order valence-electron chi connectivity index (χ3n) is 4.07. The van der Waals surface area contributed by atoms with Gasteiger partial charge in [0.25, 0.3) is 11.6 Å². The molecular weight excluding hydrogens is 338 g/mol. The summed E-state index contributed by atoms with van der Waals surface area (Å²) in [5, 5.41) is 10.7. The van der Waals surface area contributed by atoms with Crippen LogP contribution in [0, 0.1) is 24.0 Å². The molecule has 0 N–H and O–H groups in total. The number of aromatic nitrogens is 1. The van der Waals surface area contributed by atoms with E-state index < -0.39 is 17.5 Å². The van der Waals surface area contributed by atoms with E-state index in [2.05, 4.69) is 0 Å². The van der Waals surface area contributed by atoms with E-state index in [4.69, 9.17) is 4.74 Å². The Morgan fingerprint density at radius 2 is 1.96 bits per heavy atom. The van der Waals surface area contributed by atoms with Crippen LogP contribution in [0.3, 0.4) is 0 Å². The molecule has 26 heavy (non-hydrogen) atoms. The third kappa shape index (κ3) is 4.47. The summed E-state index contributed by atoms with van der Waals surface area (Å²) in [6.07, 6.45) is 1.21. The highest BCUT2D eigenvalue weighted by molar-refractivity contribution is 5.90. The largest absolute Gasteiger partial charge is 0.451 e. The van der Waals surface area contributed by atoms with Gasteiger partial charge >= 0.3 is 5.97 Å². The van der Waals surface area contributed by atoms with Gasteiger partial charge in [0.15, 0.2) is 6.61 Å². The molecule has 0 spiro atoms. The first-order valence-corrected chi connectivity index (χ1v) is 7.97. The first kappa shape index (κ1) is 19.2. The maximum absolute atomic E-state index is 12.2. The van der Waals surface area contributed by atoms with Crippen LogP contribution in [-0.2, 0) is 23.1 Å². The minimum absolute atomic E-state index is 0.0153. The van der Waals surface area contributed by atoms with Crippen LogP contribution in [0.5, 0.6) is 0 Å². The number of esters is 1. The molecule has 0 unspecified atom stereocenters. The van der Waals surface area contributed by atoms with Crippen molar-refractivity contribution in [1.29, 1.82) is 0 Å². The molecule has 0 aliphatic carbocycles. The summed E-state index contributed by atoms with van der Waals surface area (Å²) in [6, 6.07) is 7.09. The van der Waals surface area contributed by atoms with Crippen molar-refractivity contribution in [2.24, 2.45) is 7.05 Å². The van der Waals surface area contributed by atoms with Crippen molar-refractivity contribution in [3.05, 3.63) is 63.0 Å². The molecule has 8 heteroatoms. The normalized spacial score (nSPS) is 10.5. The third-order valence-corrected chi connectivity index (χ3v) is 4.07. The molecule has 1 heterocycles. The summed E-state index contributed by atoms with van der Waals surface area (Å²) >= 11 is 0. The van der Waals surface area contributed by atoms with E-state index in [1.165, 1.54) is 22.7 Å². The molecule has 0 saturated carbocycles. The number of likely N-dealkylation sites (N-methyl/N-ethyl adjacent to an activating group) is 1. The van der Waals surface area contributed by atoms with E-state index in [9.17, 15) is 19.7 Å². The number of ether oxygens (including phenoxy) is 1. The molecule has 8 nitrogen and oxygen atoms in total. The van der Waals surface area contributed by atoms with E-state index >= 15 is 0 Å². The van der Waals surface area contributed by atoms with Crippen LogP contribution in [-0.4, -0.2) is 39.9 Å². The molecule has 1 aromatic heterocycles. The highest BCUT2D eigenvalue weighted by Crippen LogP contribution is 2.16. The zero-order chi connectivity index (χ0) is 19.4. The number of rotatable bonds is 6. The van der Waals surface area contributed by atoms with Crippen LogP contribution in [0.15, 0.2) is 30.5 Å². The number of hydrogen-bond donors (Lipinski definition) is 0. The molecule has 138 valence electrons. The van der Waals surface area contributed by atoms with Gasteiger partial charge in [0, 0.05) is 26.7 Å². The zero-order valence-electron chi connectivity index (χ0n) is 15.2. The fourth-order valence-electron chi connectivity index (χ4n) is 2.53. The standard InChI is InChI=1S/C18H21N3O5/c1-12-5-6-14(13(2)7-12)9-20(4)17(22)11-26-18(23)16-8-15(21(24)25)10-19(16)3/h5-8,10H,9,11H2,1-4H3. The van der Waals surface area contributed by atoms with Crippen LogP contribution in [0.4, 0.5) is 5.69 Å². The second kappa shape index (κ2) is 7.81. The van der Waals surface area contributed by atoms with Gasteiger partial charge in [0.1, 0.15) is 5.69 Å². The lowest BCUT2D eigenvalue weighted by Gasteiger charge is -2.18. The average Bonchev–Trinajstić information content (AvgIpc) is 2.97. The first-order chi connectivity index (χ1) is 12.2. The number of nitrogens with zero attached hydrogens (tertiary/aromatic N) is 3. The lowest BCUT2D eigenvalue weighted by molar-refractivity contribution is -0.384. The first-order valence-electron chi connectivity index (χ1n) is 7.97. The minimum Gasteiger partial charge on any atom is -0.451 e. The summed E-state index contributed by atoms with van der Waals surface area (Å²) < 4.78 is 6.29. The van der Waals surface area contributed by atoms with Crippen molar-refractivity contribution < 1.29 is 19.2 Å². The van der Waals surface area contributed by atoms with Crippen molar-refractivity contribution in [3.8, 4) is 0 Å². The molecule has 0 aliphatic heterocycles. The second-order valence-electron chi connectivity index (χ2n) is 6.21. The molecule has 0 fully saturated rings. The SMILES string of the molecule is Cc1ccc(CN(C)C(=O)COC(=O)c2cc([N+](=O)[O-])cn2C)c(C)c1. The lowest BCUT2D eigenvalue weighted by Crippen LogP contribution is -2.31. The fraction of sp³-hybridized carbons (Fsp3) is 0.333. The van der Waals surface area contributed by atoms with Gasteiger partial charge in [-0.1, -0.05) is 23.8 Å². The van der Waals surface area contributed by atoms with Crippen LogP contribution >= 0.6 is 0 Å². The number of hydrogen-bond acceptors (Lipinski definition) is 5. The molecule has 0 bridgehead atoms. The van der Waals surface area contributed by atoms with Crippen molar-refractivity contribution in [2.45, 2.75) is 20.4 Å². The van der Waals surface area contributed by atoms with Crippen LogP contribution in [0.2, 0.25) is 0 Å². The lowest BCUT2D eigenvalue weighted by atomic mass is 10.1. The van der Waals surface area contributed by atoms with Crippen molar-refractivity contribution in [1.82, 2.24) is 9.47 Å². The molecule has 1 amide bonds. The molecule has 0 atom stereocenters. The van der Waals surface area contributed by atoms with Gasteiger partial charge in [-0.3, -0.25) is 14.9 Å². The van der Waals surface area contributed by atoms with Crippen molar-refractivity contribution in [3.63, 3.8) is 0 Å². The van der Waals surface area contributed by atoms with Gasteiger partial charge in [-0.25, -0.2) is 4.79 Å². The fourth-order valence-corrected chi connectivity index (χ4v) is 2.53. The Balaban J connectivity index is 1.95. The predicted molar refractivity (Wildman–Crippen MR) is 94.7 cm³/mol. The van der Waals surface area contributed by atoms with E-state index in [1.54, 1.807) is 7.05 Å². The summed E-state index contributed by atoms with van der Waals surface area (Å²) in [5.41, 5.74) is 3.04. The maximum Gasteiger partial charge on any atom is 0.355 e. The van der Waals surface area contributed by atoms with Gasteiger partial charge < -0.3 is 14.2 Å². The van der Waals surface area contributed by atoms with Gasteiger partial charge in [-0.15, -0.1) is 0 Å². The Hall–Kier alpha value is -3.16. The Kier molecular flexibility index (Phi) is 5.76. The Morgan fingerprint density at radius 1 is 1.27 bits per heavy atom. The Labute approximate surface area is 151 Å². The monoisotopic (exact) mass is 359 g/mol. The van der Waals surface area contributed by atoms with E-state index in [0.29, 0.717) is 6.54 Å². The summed E-state index contributed by atoms with van der Waals surface area (Å²) in [4.78, 5) is 35.9. The second-order valence-corrected chi connectivity index (χ2v) is 6.21. The summed E-state index contributed by atoms with van der Waals surface area (Å²) in [7, 11) is 3.13. The van der Waals surface area contributed by atoms with Crippen LogP contribution in [0.25, 0.3) is 0 Å². The highest BCUT2D eigenvalue weighted by Gasteiger charge is 2.20. The maximum atomic E-state index is 12.2. The topological polar surface area (TPSA) is 94.7 Å². The Bertz CT molecular complexity index is 857. The number of carbonyl (C=O) groups is 2. The van der Waals surface area contributed by atoms with Gasteiger partial charge in [0.2, 0.25) is 0 Å². The number of aryl methyl sites for hydroxylation is 3. The smallest absolute Gasteiger partial charge is 0.355 e. The number of carbonyl (C=O) groups excluding carboxylic acids is 2. The number of amides is 1. The molecule has 0 radical (unpaired) electrons. The van der Waals surface area contributed by atoms with Crippen molar-refractivity contribution >= 4 is 17.6 Å². The van der Waals surface area contributed by atoms with Gasteiger partial charge in [-0.2, -0.15) is 0 Å². The predicted octanol–water partition coefficient (Wildman–Crippen LogP) is 2.37. The number of nitro groups is 1. The van der Waals surface area contributed by atoms with E-state index in [-0.39, 0.29) is 17.3 Å². The average molecular weight is 359 g/mol. The molecule has 0 saturated heterocycles. The minimum atomic E-state index is -0.783. The van der Waals surface area contributed by atoms with Crippen LogP contribution in [0.1, 0.15) is 27.2 Å². The van der Waals surface area contributed by atoms with Gasteiger partial charge in [-0.05, 0) is 25.0 Å². The van der Waals surface area contributed by atoms with Gasteiger partial charge in [0.05, 0.1) is 11.1 Å². The Morgan fingerprint density at radius 3 is 2.54 bits per heavy atom. The van der Waals surface area contributed by atoms with Crippen LogP contribution < -0.4 is 0 Å².